The molecule has 174 valence electrons. The van der Waals surface area contributed by atoms with Crippen LogP contribution in [0, 0.1) is 11.3 Å². The summed E-state index contributed by atoms with van der Waals surface area (Å²) in [5.41, 5.74) is 0.0661. The molecule has 0 spiro atoms. The lowest BCUT2D eigenvalue weighted by Gasteiger charge is -2.44. The van der Waals surface area contributed by atoms with E-state index in [0.717, 1.165) is 0 Å². The summed E-state index contributed by atoms with van der Waals surface area (Å²) < 4.78 is 13.2. The third kappa shape index (κ3) is 5.18. The molecule has 3 heterocycles. The average Bonchev–Trinajstić information content (AvgIpc) is 3.43. The number of benzene rings is 1. The fourth-order valence-electron chi connectivity index (χ4n) is 3.65. The molecule has 4 rings (SSSR count). The summed E-state index contributed by atoms with van der Waals surface area (Å²) in [5, 5.41) is 42.3. The van der Waals surface area contributed by atoms with Gasteiger partial charge < -0.3 is 19.7 Å². The molecule has 3 aromatic rings. The molecule has 9 nitrogen and oxygen atoms in total. The Hall–Kier alpha value is -1.75. The van der Waals surface area contributed by atoms with Crippen LogP contribution < -0.4 is 0 Å². The Labute approximate surface area is 207 Å². The third-order valence-corrected chi connectivity index (χ3v) is 7.63. The monoisotopic (exact) mass is 527 g/mol. The Balaban J connectivity index is 1.68. The normalized spacial score (nSPS) is 26.2. The van der Waals surface area contributed by atoms with Crippen molar-refractivity contribution in [2.45, 2.75) is 47.7 Å². The summed E-state index contributed by atoms with van der Waals surface area (Å²) >= 11 is 14.6. The van der Waals surface area contributed by atoms with Crippen molar-refractivity contribution in [1.29, 1.82) is 5.26 Å². The molecule has 0 radical (unpaired) electrons. The Morgan fingerprint density at radius 1 is 1.36 bits per heavy atom. The first kappa shape index (κ1) is 24.4. The van der Waals surface area contributed by atoms with Crippen molar-refractivity contribution in [3.63, 3.8) is 0 Å². The number of halogens is 2. The van der Waals surface area contributed by atoms with Crippen LogP contribution in [0.3, 0.4) is 0 Å². The quantitative estimate of drug-likeness (QED) is 0.495. The smallest absolute Gasteiger partial charge is 0.147 e. The van der Waals surface area contributed by atoms with E-state index in [4.69, 9.17) is 32.7 Å². The third-order valence-electron chi connectivity index (χ3n) is 5.09. The van der Waals surface area contributed by atoms with Gasteiger partial charge in [0.25, 0.3) is 0 Å². The molecule has 0 bridgehead atoms. The molecule has 2 N–H and O–H groups in total. The van der Waals surface area contributed by atoms with E-state index in [0.29, 0.717) is 31.3 Å². The Morgan fingerprint density at radius 3 is 2.79 bits per heavy atom. The standard InChI is InChI=1S/C20H19Cl2N5O4S2/c1-9(28)17-18(30-2)15(27-7-13(25-26-27)19-24-14(22)8-32-19)16(29)20(31-17)33-12-4-10(6-23)3-11(21)5-12/h3-5,7-9,15-18,20,28-29H,1-2H3/t9?,15?,16?,17?,18-,20-/m1/s1. The lowest BCUT2D eigenvalue weighted by atomic mass is 9.94. The maximum atomic E-state index is 11.3. The van der Waals surface area contributed by atoms with Gasteiger partial charge in [-0.1, -0.05) is 40.2 Å². The van der Waals surface area contributed by atoms with Gasteiger partial charge in [-0.3, -0.25) is 0 Å². The molecule has 13 heteroatoms. The minimum absolute atomic E-state index is 0.356. The number of ether oxygens (including phenoxy) is 2. The number of hydrogen-bond donors (Lipinski definition) is 2. The minimum Gasteiger partial charge on any atom is -0.391 e. The van der Waals surface area contributed by atoms with Gasteiger partial charge in [0.05, 0.1) is 23.9 Å². The fraction of sp³-hybridized carbons (Fsp3) is 0.400. The van der Waals surface area contributed by atoms with Gasteiger partial charge in [-0.2, -0.15) is 5.26 Å². The molecule has 1 aliphatic rings. The number of thiazole rings is 1. The predicted octanol–water partition coefficient (Wildman–Crippen LogP) is 3.40. The highest BCUT2D eigenvalue weighted by Gasteiger charge is 2.49. The molecule has 1 aromatic carbocycles. The molecule has 1 aliphatic heterocycles. The van der Waals surface area contributed by atoms with Crippen molar-refractivity contribution in [2.24, 2.45) is 0 Å². The zero-order valence-corrected chi connectivity index (χ0v) is 20.5. The van der Waals surface area contributed by atoms with E-state index in [9.17, 15) is 15.5 Å². The number of aliphatic hydroxyl groups is 2. The van der Waals surface area contributed by atoms with Gasteiger partial charge in [-0.05, 0) is 25.1 Å². The summed E-state index contributed by atoms with van der Waals surface area (Å²) in [6.45, 7) is 1.59. The molecule has 6 atom stereocenters. The zero-order chi connectivity index (χ0) is 23.7. The highest BCUT2D eigenvalue weighted by molar-refractivity contribution is 7.99. The highest BCUT2D eigenvalue weighted by atomic mass is 35.5. The second-order valence-corrected chi connectivity index (χ2v) is 10.2. The maximum Gasteiger partial charge on any atom is 0.147 e. The molecule has 4 unspecified atom stereocenters. The van der Waals surface area contributed by atoms with Crippen LogP contribution in [-0.2, 0) is 9.47 Å². The first-order valence-electron chi connectivity index (χ1n) is 9.75. The number of aliphatic hydroxyl groups excluding tert-OH is 2. The number of rotatable bonds is 6. The number of thioether (sulfide) groups is 1. The second kappa shape index (κ2) is 10.2. The van der Waals surface area contributed by atoms with Crippen molar-refractivity contribution in [1.82, 2.24) is 20.0 Å². The van der Waals surface area contributed by atoms with Gasteiger partial charge >= 0.3 is 0 Å². The van der Waals surface area contributed by atoms with E-state index in [2.05, 4.69) is 21.4 Å². The molecule has 2 aromatic heterocycles. The van der Waals surface area contributed by atoms with Crippen molar-refractivity contribution < 1.29 is 19.7 Å². The zero-order valence-electron chi connectivity index (χ0n) is 17.4. The molecule has 33 heavy (non-hydrogen) atoms. The average molecular weight is 528 g/mol. The van der Waals surface area contributed by atoms with Crippen molar-refractivity contribution in [2.75, 3.05) is 7.11 Å². The van der Waals surface area contributed by atoms with Crippen LogP contribution in [-0.4, -0.2) is 67.2 Å². The minimum atomic E-state index is -1.10. The number of methoxy groups -OCH3 is 1. The van der Waals surface area contributed by atoms with Gasteiger partial charge in [0, 0.05) is 22.4 Å². The fourth-order valence-corrected chi connectivity index (χ4v) is 5.99. The number of nitrogens with zero attached hydrogens (tertiary/aromatic N) is 5. The van der Waals surface area contributed by atoms with Gasteiger partial charge in [-0.25, -0.2) is 9.67 Å². The molecular formula is C20H19Cl2N5O4S2. The number of hydrogen-bond acceptors (Lipinski definition) is 10. The van der Waals surface area contributed by atoms with Crippen LogP contribution in [0.2, 0.25) is 10.2 Å². The van der Waals surface area contributed by atoms with Crippen LogP contribution in [0.25, 0.3) is 10.7 Å². The van der Waals surface area contributed by atoms with Crippen LogP contribution in [0.15, 0.2) is 34.7 Å². The molecule has 0 aliphatic carbocycles. The lowest BCUT2D eigenvalue weighted by molar-refractivity contribution is -0.202. The number of nitriles is 1. The van der Waals surface area contributed by atoms with Gasteiger partial charge in [-0.15, -0.1) is 16.4 Å². The van der Waals surface area contributed by atoms with Gasteiger partial charge in [0.15, 0.2) is 0 Å². The van der Waals surface area contributed by atoms with E-state index in [1.807, 2.05) is 0 Å². The summed E-state index contributed by atoms with van der Waals surface area (Å²) in [7, 11) is 1.48. The molecule has 0 saturated carbocycles. The topological polar surface area (TPSA) is 126 Å². The highest BCUT2D eigenvalue weighted by Crippen LogP contribution is 2.41. The first-order chi connectivity index (χ1) is 15.8. The van der Waals surface area contributed by atoms with E-state index < -0.39 is 35.9 Å². The SMILES string of the molecule is CO[C@H]1C(C(C)O)O[C@H](Sc2cc(Cl)cc(C#N)c2)C(O)C1n1cc(-c2nc(Cl)cs2)nn1. The van der Waals surface area contributed by atoms with E-state index in [1.54, 1.807) is 36.7 Å². The predicted molar refractivity (Wildman–Crippen MR) is 124 cm³/mol. The van der Waals surface area contributed by atoms with Gasteiger partial charge in [0.1, 0.15) is 45.6 Å². The van der Waals surface area contributed by atoms with Crippen LogP contribution in [0.4, 0.5) is 0 Å². The van der Waals surface area contributed by atoms with Crippen molar-refractivity contribution in [3.8, 4) is 16.8 Å². The molecule has 1 saturated heterocycles. The lowest BCUT2D eigenvalue weighted by Crippen LogP contribution is -2.57. The molecule has 0 amide bonds. The summed E-state index contributed by atoms with van der Waals surface area (Å²) in [5.74, 6) is 0. The van der Waals surface area contributed by atoms with Gasteiger partial charge in [0.2, 0.25) is 0 Å². The van der Waals surface area contributed by atoms with E-state index in [1.165, 1.54) is 34.9 Å². The Morgan fingerprint density at radius 2 is 2.15 bits per heavy atom. The molecular weight excluding hydrogens is 509 g/mol. The van der Waals surface area contributed by atoms with Crippen LogP contribution in [0.5, 0.6) is 0 Å². The maximum absolute atomic E-state index is 11.3. The number of aromatic nitrogens is 4. The van der Waals surface area contributed by atoms with Crippen molar-refractivity contribution in [3.05, 3.63) is 45.5 Å². The second-order valence-electron chi connectivity index (χ2n) is 7.36. The van der Waals surface area contributed by atoms with Crippen molar-refractivity contribution >= 4 is 46.3 Å². The Kier molecular flexibility index (Phi) is 7.57. The largest absolute Gasteiger partial charge is 0.391 e. The van der Waals surface area contributed by atoms with Crippen LogP contribution >= 0.6 is 46.3 Å². The Bertz CT molecular complexity index is 1170. The van der Waals surface area contributed by atoms with E-state index >= 15 is 0 Å². The summed E-state index contributed by atoms with van der Waals surface area (Å²) in [6, 6.07) is 6.21. The molecule has 1 fully saturated rings. The first-order valence-corrected chi connectivity index (χ1v) is 12.3. The van der Waals surface area contributed by atoms with Crippen LogP contribution in [0.1, 0.15) is 18.5 Å². The van der Waals surface area contributed by atoms with E-state index in [-0.39, 0.29) is 0 Å². The summed E-state index contributed by atoms with van der Waals surface area (Å²) in [4.78, 5) is 4.84. The summed E-state index contributed by atoms with van der Waals surface area (Å²) in [6.07, 6.45) is -1.84.